The molecule has 0 saturated heterocycles. The molecule has 0 heterocycles. The van der Waals surface area contributed by atoms with Gasteiger partial charge in [0, 0.05) is 98.1 Å². The van der Waals surface area contributed by atoms with Gasteiger partial charge in [-0.25, -0.2) is 0 Å². The first-order valence-electron chi connectivity index (χ1n) is 3.77. The average molecular weight is 396 g/mol. The largest absolute Gasteiger partial charge is 0.309 e. The fourth-order valence-electron chi connectivity index (χ4n) is 0.816. The average Bonchev–Trinajstić information content (AvgIpc) is 1.63. The summed E-state index contributed by atoms with van der Waals surface area (Å²) in [4.78, 5) is 2.24. The number of hydrogen-bond donors (Lipinski definition) is 0. The van der Waals surface area contributed by atoms with Gasteiger partial charge in [-0.15, -0.1) is 0 Å². The van der Waals surface area contributed by atoms with Crippen molar-refractivity contribution in [3.05, 3.63) is 0 Å². The SMILES string of the molecule is CC(C)CCCN(C)C.[Y].[Y].[Y]. The van der Waals surface area contributed by atoms with Crippen LogP contribution in [0.15, 0.2) is 0 Å². The molecule has 0 spiro atoms. The first kappa shape index (κ1) is 24.5. The number of hydrogen-bond acceptors (Lipinski definition) is 1. The fourth-order valence-corrected chi connectivity index (χ4v) is 0.816. The van der Waals surface area contributed by atoms with Crippen LogP contribution in [-0.2, 0) is 98.1 Å². The third-order valence-corrected chi connectivity index (χ3v) is 1.39. The second-order valence-corrected chi connectivity index (χ2v) is 3.34. The van der Waals surface area contributed by atoms with E-state index in [1.807, 2.05) is 0 Å². The standard InChI is InChI=1S/C8H19N.3Y/c1-8(2)6-5-7-9(3)4;;;/h8H,5-7H2,1-4H3;;;. The van der Waals surface area contributed by atoms with E-state index in [9.17, 15) is 0 Å². The van der Waals surface area contributed by atoms with Gasteiger partial charge in [0.05, 0.1) is 0 Å². The Morgan fingerprint density at radius 1 is 1.00 bits per heavy atom. The minimum absolute atomic E-state index is 0. The Bertz CT molecular complexity index is 59.3. The Morgan fingerprint density at radius 3 is 1.67 bits per heavy atom. The van der Waals surface area contributed by atoms with Gasteiger partial charge in [-0.3, -0.25) is 0 Å². The summed E-state index contributed by atoms with van der Waals surface area (Å²) in [7, 11) is 4.25. The summed E-state index contributed by atoms with van der Waals surface area (Å²) in [6.07, 6.45) is 2.70. The quantitative estimate of drug-likeness (QED) is 0.703. The van der Waals surface area contributed by atoms with Gasteiger partial charge in [0.15, 0.2) is 0 Å². The molecule has 0 atom stereocenters. The molecule has 4 heteroatoms. The van der Waals surface area contributed by atoms with Gasteiger partial charge in [0.25, 0.3) is 0 Å². The summed E-state index contributed by atoms with van der Waals surface area (Å²) in [5.74, 6) is 0.866. The topological polar surface area (TPSA) is 3.24 Å². The van der Waals surface area contributed by atoms with Crippen molar-refractivity contribution in [2.45, 2.75) is 26.7 Å². The molecular formula is C8H19NY3. The van der Waals surface area contributed by atoms with Crippen molar-refractivity contribution in [1.82, 2.24) is 4.90 Å². The Kier molecular flexibility index (Phi) is 34.1. The van der Waals surface area contributed by atoms with Gasteiger partial charge in [-0.05, 0) is 39.4 Å². The summed E-state index contributed by atoms with van der Waals surface area (Å²) in [5, 5.41) is 0. The van der Waals surface area contributed by atoms with Crippen LogP contribution >= 0.6 is 0 Å². The smallest absolute Gasteiger partial charge is 0 e. The normalized spacial score (nSPS) is 8.50. The fraction of sp³-hybridized carbons (Fsp3) is 1.00. The molecule has 0 aromatic heterocycles. The molecular weight excluding hydrogens is 377 g/mol. The molecule has 0 fully saturated rings. The molecule has 0 aromatic rings. The van der Waals surface area contributed by atoms with Crippen molar-refractivity contribution in [3.8, 4) is 0 Å². The van der Waals surface area contributed by atoms with Crippen molar-refractivity contribution in [1.29, 1.82) is 0 Å². The molecule has 3 radical (unpaired) electrons. The molecule has 65 valence electrons. The van der Waals surface area contributed by atoms with Gasteiger partial charge < -0.3 is 4.90 Å². The zero-order valence-corrected chi connectivity index (χ0v) is 17.4. The van der Waals surface area contributed by atoms with Crippen LogP contribution in [0.5, 0.6) is 0 Å². The van der Waals surface area contributed by atoms with Crippen LogP contribution in [-0.4, -0.2) is 25.5 Å². The van der Waals surface area contributed by atoms with Crippen LogP contribution in [0.2, 0.25) is 0 Å². The molecule has 1 nitrogen and oxygen atoms in total. The molecule has 0 bridgehead atoms. The monoisotopic (exact) mass is 396 g/mol. The van der Waals surface area contributed by atoms with Gasteiger partial charge in [0.2, 0.25) is 0 Å². The predicted octanol–water partition coefficient (Wildman–Crippen LogP) is 1.98. The molecule has 0 aliphatic rings. The van der Waals surface area contributed by atoms with Crippen LogP contribution in [0.25, 0.3) is 0 Å². The van der Waals surface area contributed by atoms with Crippen molar-refractivity contribution in [2.24, 2.45) is 5.92 Å². The second kappa shape index (κ2) is 16.7. The zero-order valence-electron chi connectivity index (χ0n) is 8.88. The van der Waals surface area contributed by atoms with Gasteiger partial charge in [-0.2, -0.15) is 0 Å². The molecule has 0 N–H and O–H groups in total. The Hall–Kier alpha value is 3.27. The van der Waals surface area contributed by atoms with E-state index in [2.05, 4.69) is 32.8 Å². The van der Waals surface area contributed by atoms with Crippen LogP contribution in [0.4, 0.5) is 0 Å². The van der Waals surface area contributed by atoms with Crippen molar-refractivity contribution in [3.63, 3.8) is 0 Å². The first-order valence-corrected chi connectivity index (χ1v) is 3.77. The van der Waals surface area contributed by atoms with Crippen LogP contribution in [0, 0.1) is 5.92 Å². The van der Waals surface area contributed by atoms with E-state index >= 15 is 0 Å². The van der Waals surface area contributed by atoms with Gasteiger partial charge >= 0.3 is 0 Å². The van der Waals surface area contributed by atoms with Crippen molar-refractivity contribution < 1.29 is 98.1 Å². The number of rotatable bonds is 4. The molecule has 0 saturated carbocycles. The first-order chi connectivity index (χ1) is 4.13. The maximum absolute atomic E-state index is 2.27. The maximum Gasteiger partial charge on any atom is 0 e. The van der Waals surface area contributed by atoms with E-state index < -0.39 is 0 Å². The molecule has 0 aromatic carbocycles. The van der Waals surface area contributed by atoms with E-state index in [4.69, 9.17) is 0 Å². The Balaban J connectivity index is -0.000000107. The van der Waals surface area contributed by atoms with E-state index in [0.29, 0.717) is 0 Å². The molecule has 0 aliphatic carbocycles. The summed E-state index contributed by atoms with van der Waals surface area (Å²) >= 11 is 0. The van der Waals surface area contributed by atoms with E-state index in [1.165, 1.54) is 19.4 Å². The predicted molar refractivity (Wildman–Crippen MR) is 42.6 cm³/mol. The van der Waals surface area contributed by atoms with E-state index in [0.717, 1.165) is 5.92 Å². The second-order valence-electron chi connectivity index (χ2n) is 3.34. The van der Waals surface area contributed by atoms with Gasteiger partial charge in [0.1, 0.15) is 0 Å². The number of nitrogens with zero attached hydrogens (tertiary/aromatic N) is 1. The maximum atomic E-state index is 2.27. The molecule has 0 aliphatic heterocycles. The van der Waals surface area contributed by atoms with Gasteiger partial charge in [-0.1, -0.05) is 13.8 Å². The van der Waals surface area contributed by atoms with E-state index in [1.54, 1.807) is 0 Å². The summed E-state index contributed by atoms with van der Waals surface area (Å²) in [6.45, 7) is 5.78. The van der Waals surface area contributed by atoms with Crippen LogP contribution in [0.3, 0.4) is 0 Å². The summed E-state index contributed by atoms with van der Waals surface area (Å²) < 4.78 is 0. The summed E-state index contributed by atoms with van der Waals surface area (Å²) in [5.41, 5.74) is 0. The zero-order chi connectivity index (χ0) is 7.28. The van der Waals surface area contributed by atoms with Crippen molar-refractivity contribution >= 4 is 0 Å². The minimum atomic E-state index is 0. The molecule has 0 rings (SSSR count). The third kappa shape index (κ3) is 23.2. The van der Waals surface area contributed by atoms with Crippen LogP contribution < -0.4 is 0 Å². The van der Waals surface area contributed by atoms with Crippen molar-refractivity contribution in [2.75, 3.05) is 20.6 Å². The molecule has 0 amide bonds. The Morgan fingerprint density at radius 2 is 1.42 bits per heavy atom. The summed E-state index contributed by atoms with van der Waals surface area (Å²) in [6, 6.07) is 0. The van der Waals surface area contributed by atoms with Crippen LogP contribution in [0.1, 0.15) is 26.7 Å². The third-order valence-electron chi connectivity index (χ3n) is 1.39. The Labute approximate surface area is 153 Å². The molecule has 12 heavy (non-hydrogen) atoms. The van der Waals surface area contributed by atoms with E-state index in [-0.39, 0.29) is 98.1 Å². The minimum Gasteiger partial charge on any atom is -0.309 e. The molecule has 0 unspecified atom stereocenters.